The maximum atomic E-state index is 11.6. The van der Waals surface area contributed by atoms with Crippen LogP contribution in [0, 0.1) is 0 Å². The summed E-state index contributed by atoms with van der Waals surface area (Å²) in [7, 11) is 0. The highest BCUT2D eigenvalue weighted by molar-refractivity contribution is 5.83. The summed E-state index contributed by atoms with van der Waals surface area (Å²) in [5, 5.41) is 0. The Bertz CT molecular complexity index is 120. The van der Waals surface area contributed by atoms with Crippen molar-refractivity contribution in [3.8, 4) is 0 Å². The van der Waals surface area contributed by atoms with Crippen LogP contribution in [0.15, 0.2) is 0 Å². The predicted molar refractivity (Wildman–Crippen MR) is 21.6 cm³/mol. The van der Waals surface area contributed by atoms with Gasteiger partial charge >= 0.3 is 12.3 Å². The molecule has 9 heavy (non-hydrogen) atoms. The van der Waals surface area contributed by atoms with Crippen molar-refractivity contribution in [2.24, 2.45) is 0 Å². The summed E-state index contributed by atoms with van der Waals surface area (Å²) in [6.45, 7) is 0.423. The van der Waals surface area contributed by atoms with Gasteiger partial charge in [-0.05, 0) is 0 Å². The van der Waals surface area contributed by atoms with Gasteiger partial charge in [0.05, 0.1) is 0 Å². The fraction of sp³-hybridized carbons (Fsp3) is 0.750. The third kappa shape index (κ3) is 1.65. The molecule has 0 radical (unpaired) electrons. The molecule has 0 rings (SSSR count). The number of alkyl halides is 4. The van der Waals surface area contributed by atoms with Crippen molar-refractivity contribution in [2.75, 3.05) is 0 Å². The molecule has 0 aromatic rings. The van der Waals surface area contributed by atoms with Crippen LogP contribution in [0.3, 0.4) is 0 Å². The van der Waals surface area contributed by atoms with E-state index in [1.165, 1.54) is 0 Å². The summed E-state index contributed by atoms with van der Waals surface area (Å²) in [5.74, 6) is -6.28. The van der Waals surface area contributed by atoms with Crippen molar-refractivity contribution >= 4 is 5.78 Å². The first-order valence-electron chi connectivity index (χ1n) is 2.06. The van der Waals surface area contributed by atoms with E-state index in [2.05, 4.69) is 0 Å². The van der Waals surface area contributed by atoms with Crippen LogP contribution in [-0.2, 0) is 4.79 Å². The lowest BCUT2D eigenvalue weighted by molar-refractivity contribution is -0.164. The molecule has 0 amide bonds. The van der Waals surface area contributed by atoms with E-state index in [4.69, 9.17) is 0 Å². The van der Waals surface area contributed by atoms with Crippen LogP contribution in [0.1, 0.15) is 6.92 Å². The first kappa shape index (κ1) is 8.39. The average molecular weight is 144 g/mol. The first-order valence-corrected chi connectivity index (χ1v) is 2.06. The fourth-order valence-corrected chi connectivity index (χ4v) is 0.154. The molecule has 0 aromatic carbocycles. The summed E-state index contributed by atoms with van der Waals surface area (Å²) in [6.07, 6.45) is -3.89. The SMILES string of the molecule is CC(=O)C(F)(F)C(F)F. The van der Waals surface area contributed by atoms with E-state index in [0.717, 1.165) is 0 Å². The molecule has 0 aliphatic rings. The predicted octanol–water partition coefficient (Wildman–Crippen LogP) is 1.48. The van der Waals surface area contributed by atoms with Gasteiger partial charge in [0.1, 0.15) is 0 Å². The van der Waals surface area contributed by atoms with Gasteiger partial charge in [-0.1, -0.05) is 0 Å². The van der Waals surface area contributed by atoms with Gasteiger partial charge in [-0.3, -0.25) is 4.79 Å². The van der Waals surface area contributed by atoms with Crippen molar-refractivity contribution in [1.29, 1.82) is 0 Å². The summed E-state index contributed by atoms with van der Waals surface area (Å²) in [6, 6.07) is 0. The van der Waals surface area contributed by atoms with Crippen LogP contribution < -0.4 is 0 Å². The summed E-state index contributed by atoms with van der Waals surface area (Å²) in [4.78, 5) is 9.68. The van der Waals surface area contributed by atoms with Gasteiger partial charge in [0.15, 0.2) is 0 Å². The van der Waals surface area contributed by atoms with Crippen LogP contribution in [0.2, 0.25) is 0 Å². The number of carbonyl (C=O) groups excluding carboxylic acids is 1. The number of carbonyl (C=O) groups is 1. The third-order valence-corrected chi connectivity index (χ3v) is 0.743. The summed E-state index contributed by atoms with van der Waals surface area (Å²) >= 11 is 0. The van der Waals surface area contributed by atoms with Crippen molar-refractivity contribution in [3.63, 3.8) is 0 Å². The van der Waals surface area contributed by atoms with Crippen LogP contribution in [-0.4, -0.2) is 18.1 Å². The highest BCUT2D eigenvalue weighted by Gasteiger charge is 2.45. The van der Waals surface area contributed by atoms with E-state index in [-0.39, 0.29) is 0 Å². The molecule has 0 atom stereocenters. The molecule has 0 unspecified atom stereocenters. The van der Waals surface area contributed by atoms with E-state index < -0.39 is 18.1 Å². The zero-order chi connectivity index (χ0) is 7.65. The number of hydrogen-bond donors (Lipinski definition) is 0. The minimum Gasteiger partial charge on any atom is -0.293 e. The maximum Gasteiger partial charge on any atom is 0.364 e. The molecule has 0 aliphatic carbocycles. The van der Waals surface area contributed by atoms with E-state index in [0.29, 0.717) is 6.92 Å². The Morgan fingerprint density at radius 2 is 1.78 bits per heavy atom. The Labute approximate surface area is 48.7 Å². The Morgan fingerprint density at radius 1 is 1.44 bits per heavy atom. The van der Waals surface area contributed by atoms with Crippen molar-refractivity contribution in [1.82, 2.24) is 0 Å². The largest absolute Gasteiger partial charge is 0.364 e. The maximum absolute atomic E-state index is 11.6. The van der Waals surface area contributed by atoms with Crippen molar-refractivity contribution in [3.05, 3.63) is 0 Å². The number of hydrogen-bond acceptors (Lipinski definition) is 1. The first-order chi connectivity index (χ1) is 3.89. The second kappa shape index (κ2) is 2.33. The molecule has 0 fully saturated rings. The molecule has 5 heteroatoms. The lowest BCUT2D eigenvalue weighted by Gasteiger charge is -2.09. The minimum absolute atomic E-state index is 0.423. The minimum atomic E-state index is -4.47. The number of halogens is 4. The number of rotatable bonds is 2. The van der Waals surface area contributed by atoms with Gasteiger partial charge in [-0.2, -0.15) is 8.78 Å². The summed E-state index contributed by atoms with van der Waals surface area (Å²) < 4.78 is 45.3. The number of ketones is 1. The zero-order valence-electron chi connectivity index (χ0n) is 4.50. The Balaban J connectivity index is 4.19. The molecule has 0 aromatic heterocycles. The molecule has 0 bridgehead atoms. The molecule has 0 aliphatic heterocycles. The molecule has 1 nitrogen and oxygen atoms in total. The van der Waals surface area contributed by atoms with Crippen molar-refractivity contribution in [2.45, 2.75) is 19.3 Å². The molecule has 0 saturated carbocycles. The standard InChI is InChI=1S/C4H4F4O/c1-2(9)4(7,8)3(5)6/h3H,1H3. The average Bonchev–Trinajstić information content (AvgIpc) is 1.65. The highest BCUT2D eigenvalue weighted by Crippen LogP contribution is 2.22. The van der Waals surface area contributed by atoms with Crippen LogP contribution in [0.25, 0.3) is 0 Å². The monoisotopic (exact) mass is 144 g/mol. The lowest BCUT2D eigenvalue weighted by atomic mass is 10.2. The molecule has 0 N–H and O–H groups in total. The van der Waals surface area contributed by atoms with Gasteiger partial charge in [0.25, 0.3) is 0 Å². The molecule has 0 saturated heterocycles. The molecule has 0 spiro atoms. The fourth-order valence-electron chi connectivity index (χ4n) is 0.154. The lowest BCUT2D eigenvalue weighted by Crippen LogP contribution is -2.34. The topological polar surface area (TPSA) is 17.1 Å². The Kier molecular flexibility index (Phi) is 2.17. The van der Waals surface area contributed by atoms with Gasteiger partial charge < -0.3 is 0 Å². The number of Topliss-reactive ketones (excluding diaryl/α,β-unsaturated/α-hetero) is 1. The molecule has 0 heterocycles. The molecular formula is C4H4F4O. The highest BCUT2D eigenvalue weighted by atomic mass is 19.3. The van der Waals surface area contributed by atoms with Gasteiger partial charge in [0, 0.05) is 6.92 Å². The van der Waals surface area contributed by atoms with Gasteiger partial charge in [-0.15, -0.1) is 0 Å². The second-order valence-electron chi connectivity index (χ2n) is 1.48. The van der Waals surface area contributed by atoms with Gasteiger partial charge in [-0.25, -0.2) is 8.78 Å². The van der Waals surface area contributed by atoms with Gasteiger partial charge in [0.2, 0.25) is 5.78 Å². The second-order valence-corrected chi connectivity index (χ2v) is 1.48. The molecule has 54 valence electrons. The normalized spacial score (nSPS) is 12.2. The third-order valence-electron chi connectivity index (χ3n) is 0.743. The zero-order valence-corrected chi connectivity index (χ0v) is 4.50. The summed E-state index contributed by atoms with van der Waals surface area (Å²) in [5.41, 5.74) is 0. The van der Waals surface area contributed by atoms with Crippen LogP contribution >= 0.6 is 0 Å². The Hall–Kier alpha value is -0.610. The smallest absolute Gasteiger partial charge is 0.293 e. The van der Waals surface area contributed by atoms with E-state index >= 15 is 0 Å². The van der Waals surface area contributed by atoms with Crippen LogP contribution in [0.5, 0.6) is 0 Å². The van der Waals surface area contributed by atoms with Crippen LogP contribution in [0.4, 0.5) is 17.6 Å². The molecular weight excluding hydrogens is 140 g/mol. The van der Waals surface area contributed by atoms with E-state index in [1.807, 2.05) is 0 Å². The quantitative estimate of drug-likeness (QED) is 0.536. The Morgan fingerprint density at radius 3 is 1.78 bits per heavy atom. The van der Waals surface area contributed by atoms with E-state index in [9.17, 15) is 22.4 Å². The van der Waals surface area contributed by atoms with E-state index in [1.54, 1.807) is 0 Å². The van der Waals surface area contributed by atoms with Crippen molar-refractivity contribution < 1.29 is 22.4 Å².